The van der Waals surface area contributed by atoms with Crippen LogP contribution in [-0.4, -0.2) is 41.1 Å². The lowest BCUT2D eigenvalue weighted by Gasteiger charge is -2.25. The van der Waals surface area contributed by atoms with Crippen molar-refractivity contribution in [2.24, 2.45) is 0 Å². The molecule has 1 aromatic heterocycles. The maximum absolute atomic E-state index is 9.23. The molecule has 0 spiro atoms. The van der Waals surface area contributed by atoms with Gasteiger partial charge in [-0.15, -0.1) is 0 Å². The topological polar surface area (TPSA) is 68.9 Å². The number of aromatic nitrogens is 3. The molecular weight excluding hydrogens is 276 g/mol. The lowest BCUT2D eigenvalue weighted by Crippen LogP contribution is -2.31. The maximum Gasteiger partial charge on any atom is 0.238 e. The van der Waals surface area contributed by atoms with Crippen LogP contribution in [0.2, 0.25) is 0 Å². The Morgan fingerprint density at radius 2 is 1.09 bits per heavy atom. The van der Waals surface area contributed by atoms with E-state index in [-0.39, 0.29) is 5.82 Å². The highest BCUT2D eigenvalue weighted by Crippen LogP contribution is 2.15. The summed E-state index contributed by atoms with van der Waals surface area (Å²) < 4.78 is 0. The molecule has 0 aliphatic rings. The number of hydrogen-bond acceptors (Lipinski definition) is 6. The first-order valence-corrected chi connectivity index (χ1v) is 8.36. The largest absolute Gasteiger partial charge is 0.341 e. The molecule has 0 aromatic carbocycles. The highest BCUT2D eigenvalue weighted by Gasteiger charge is 2.16. The zero-order valence-electron chi connectivity index (χ0n) is 14.3. The van der Waals surface area contributed by atoms with Crippen molar-refractivity contribution in [3.63, 3.8) is 0 Å². The molecule has 1 rings (SSSR count). The molecule has 122 valence electrons. The maximum atomic E-state index is 9.23. The van der Waals surface area contributed by atoms with Gasteiger partial charge in [-0.05, 0) is 25.7 Å². The van der Waals surface area contributed by atoms with Crippen molar-refractivity contribution in [1.82, 2.24) is 15.0 Å². The number of anilines is 2. The molecule has 1 heterocycles. The Morgan fingerprint density at radius 1 is 0.727 bits per heavy atom. The first kappa shape index (κ1) is 18.1. The van der Waals surface area contributed by atoms with Crippen LogP contribution in [0.5, 0.6) is 0 Å². The Hall–Kier alpha value is -1.90. The van der Waals surface area contributed by atoms with Crippen LogP contribution in [0.4, 0.5) is 11.9 Å². The molecule has 22 heavy (non-hydrogen) atoms. The molecule has 6 nitrogen and oxygen atoms in total. The van der Waals surface area contributed by atoms with Crippen molar-refractivity contribution in [2.45, 2.75) is 53.4 Å². The van der Waals surface area contributed by atoms with Crippen LogP contribution in [0.25, 0.3) is 0 Å². The molecule has 6 heteroatoms. The van der Waals surface area contributed by atoms with Gasteiger partial charge in [0.1, 0.15) is 6.07 Å². The molecule has 0 amide bonds. The van der Waals surface area contributed by atoms with Gasteiger partial charge in [-0.1, -0.05) is 27.7 Å². The third-order valence-corrected chi connectivity index (χ3v) is 3.25. The summed E-state index contributed by atoms with van der Waals surface area (Å²) in [5.41, 5.74) is 0. The zero-order valence-corrected chi connectivity index (χ0v) is 14.3. The third kappa shape index (κ3) is 5.14. The van der Waals surface area contributed by atoms with E-state index >= 15 is 0 Å². The van der Waals surface area contributed by atoms with Gasteiger partial charge >= 0.3 is 0 Å². The molecule has 0 aliphatic carbocycles. The third-order valence-electron chi connectivity index (χ3n) is 3.25. The van der Waals surface area contributed by atoms with Gasteiger partial charge in [0.05, 0.1) is 0 Å². The summed E-state index contributed by atoms with van der Waals surface area (Å²) in [6.45, 7) is 12.1. The second kappa shape index (κ2) is 9.93. The van der Waals surface area contributed by atoms with Gasteiger partial charge in [0.2, 0.25) is 17.7 Å². The number of nitrogens with zero attached hydrogens (tertiary/aromatic N) is 6. The minimum absolute atomic E-state index is 0.203. The predicted molar refractivity (Wildman–Crippen MR) is 90.1 cm³/mol. The minimum atomic E-state index is 0.203. The Bertz CT molecular complexity index is 436. The number of hydrogen-bond donors (Lipinski definition) is 0. The summed E-state index contributed by atoms with van der Waals surface area (Å²) in [7, 11) is 0. The molecule has 0 bridgehead atoms. The van der Waals surface area contributed by atoms with Gasteiger partial charge in [0.15, 0.2) is 0 Å². The average Bonchev–Trinajstić information content (AvgIpc) is 2.54. The summed E-state index contributed by atoms with van der Waals surface area (Å²) >= 11 is 0. The molecular formula is C16H28N6. The van der Waals surface area contributed by atoms with Gasteiger partial charge in [0, 0.05) is 26.2 Å². The predicted octanol–water partition coefficient (Wildman–Crippen LogP) is 3.00. The lowest BCUT2D eigenvalue weighted by molar-refractivity contribution is 0.692. The van der Waals surface area contributed by atoms with E-state index in [1.807, 2.05) is 0 Å². The second-order valence-electron chi connectivity index (χ2n) is 5.34. The van der Waals surface area contributed by atoms with Crippen molar-refractivity contribution in [3.8, 4) is 6.07 Å². The summed E-state index contributed by atoms with van der Waals surface area (Å²) in [5, 5.41) is 9.23. The normalized spacial score (nSPS) is 10.3. The van der Waals surface area contributed by atoms with E-state index in [2.05, 4.69) is 58.5 Å². The van der Waals surface area contributed by atoms with Crippen LogP contribution in [0.1, 0.15) is 59.2 Å². The fraction of sp³-hybridized carbons (Fsp3) is 0.750. The van der Waals surface area contributed by atoms with Crippen LogP contribution in [0, 0.1) is 11.3 Å². The monoisotopic (exact) mass is 304 g/mol. The number of rotatable bonds is 10. The second-order valence-corrected chi connectivity index (χ2v) is 5.34. The molecule has 0 saturated heterocycles. The SMILES string of the molecule is CCCN(CCC)c1nc(C#N)nc(N(CCC)CCC)n1. The molecule has 0 unspecified atom stereocenters. The first-order chi connectivity index (χ1) is 10.7. The Balaban J connectivity index is 3.17. The van der Waals surface area contributed by atoms with Crippen LogP contribution < -0.4 is 9.80 Å². The molecule has 0 fully saturated rings. The summed E-state index contributed by atoms with van der Waals surface area (Å²) in [5.74, 6) is 1.46. The van der Waals surface area contributed by atoms with Crippen LogP contribution in [0.3, 0.4) is 0 Å². The summed E-state index contributed by atoms with van der Waals surface area (Å²) in [4.78, 5) is 17.5. The van der Waals surface area contributed by atoms with Gasteiger partial charge in [-0.2, -0.15) is 20.2 Å². The lowest BCUT2D eigenvalue weighted by atomic mass is 10.3. The van der Waals surface area contributed by atoms with Crippen LogP contribution >= 0.6 is 0 Å². The van der Waals surface area contributed by atoms with Crippen molar-refractivity contribution in [1.29, 1.82) is 5.26 Å². The Labute approximate surface area is 134 Å². The van der Waals surface area contributed by atoms with Crippen LogP contribution in [0.15, 0.2) is 0 Å². The van der Waals surface area contributed by atoms with Crippen molar-refractivity contribution >= 4 is 11.9 Å². The molecule has 0 atom stereocenters. The van der Waals surface area contributed by atoms with E-state index in [9.17, 15) is 5.26 Å². The van der Waals surface area contributed by atoms with Gasteiger partial charge in [-0.3, -0.25) is 0 Å². The minimum Gasteiger partial charge on any atom is -0.341 e. The first-order valence-electron chi connectivity index (χ1n) is 8.36. The molecule has 0 radical (unpaired) electrons. The van der Waals surface area contributed by atoms with Gasteiger partial charge < -0.3 is 9.80 Å². The van der Waals surface area contributed by atoms with E-state index in [0.29, 0.717) is 11.9 Å². The average molecular weight is 304 g/mol. The van der Waals surface area contributed by atoms with Gasteiger partial charge in [0.25, 0.3) is 0 Å². The Kier molecular flexibility index (Phi) is 8.19. The van der Waals surface area contributed by atoms with E-state index in [1.54, 1.807) is 0 Å². The van der Waals surface area contributed by atoms with E-state index in [4.69, 9.17) is 0 Å². The Morgan fingerprint density at radius 3 is 1.36 bits per heavy atom. The van der Waals surface area contributed by atoms with E-state index in [0.717, 1.165) is 51.9 Å². The van der Waals surface area contributed by atoms with Crippen LogP contribution in [-0.2, 0) is 0 Å². The van der Waals surface area contributed by atoms with Crippen molar-refractivity contribution in [3.05, 3.63) is 5.82 Å². The summed E-state index contributed by atoms with van der Waals surface area (Å²) in [6.07, 6.45) is 4.10. The van der Waals surface area contributed by atoms with Crippen molar-refractivity contribution < 1.29 is 0 Å². The van der Waals surface area contributed by atoms with E-state index < -0.39 is 0 Å². The highest BCUT2D eigenvalue weighted by atomic mass is 15.3. The quantitative estimate of drug-likeness (QED) is 0.662. The number of nitriles is 1. The highest BCUT2D eigenvalue weighted by molar-refractivity contribution is 5.41. The standard InChI is InChI=1S/C16H28N6/c1-5-9-21(10-6-2)15-18-14(13-17)19-16(20-15)22(11-7-3)12-8-4/h5-12H2,1-4H3. The van der Waals surface area contributed by atoms with Crippen molar-refractivity contribution in [2.75, 3.05) is 36.0 Å². The zero-order chi connectivity index (χ0) is 16.4. The molecule has 0 saturated carbocycles. The van der Waals surface area contributed by atoms with E-state index in [1.165, 1.54) is 0 Å². The molecule has 0 aliphatic heterocycles. The van der Waals surface area contributed by atoms with Gasteiger partial charge in [-0.25, -0.2) is 0 Å². The summed E-state index contributed by atoms with van der Waals surface area (Å²) in [6, 6.07) is 2.07. The smallest absolute Gasteiger partial charge is 0.238 e. The fourth-order valence-electron chi connectivity index (χ4n) is 2.39. The molecule has 1 aromatic rings. The fourth-order valence-corrected chi connectivity index (χ4v) is 2.39. The molecule has 0 N–H and O–H groups in total.